The average Bonchev–Trinajstić information content (AvgIpc) is 2.35. The van der Waals surface area contributed by atoms with E-state index in [1.807, 2.05) is 25.1 Å². The molecule has 1 N–H and O–H groups in total. The lowest BCUT2D eigenvalue weighted by Gasteiger charge is -2.06. The Kier molecular flexibility index (Phi) is 4.04. The highest BCUT2D eigenvalue weighted by Crippen LogP contribution is 2.17. The second kappa shape index (κ2) is 5.73. The zero-order valence-electron chi connectivity index (χ0n) is 9.85. The molecule has 0 unspecified atom stereocenters. The van der Waals surface area contributed by atoms with E-state index in [0.717, 1.165) is 15.6 Å². The van der Waals surface area contributed by atoms with Gasteiger partial charge < -0.3 is 5.32 Å². The van der Waals surface area contributed by atoms with E-state index in [2.05, 4.69) is 31.2 Å². The van der Waals surface area contributed by atoms with Gasteiger partial charge in [-0.3, -0.25) is 9.78 Å². The number of aryl methyl sites for hydroxylation is 1. The molecule has 1 amide bonds. The summed E-state index contributed by atoms with van der Waals surface area (Å²) in [6.45, 7) is 1.95. The van der Waals surface area contributed by atoms with Crippen LogP contribution in [-0.2, 0) is 11.2 Å². The van der Waals surface area contributed by atoms with Crippen LogP contribution in [0.3, 0.4) is 0 Å². The molecule has 2 heterocycles. The maximum atomic E-state index is 11.8. The van der Waals surface area contributed by atoms with Gasteiger partial charge >= 0.3 is 0 Å². The van der Waals surface area contributed by atoms with E-state index in [4.69, 9.17) is 0 Å². The lowest BCUT2D eigenvalue weighted by atomic mass is 10.2. The van der Waals surface area contributed by atoms with Crippen molar-refractivity contribution in [2.24, 2.45) is 0 Å². The molecule has 2 rings (SSSR count). The standard InChI is InChI=1S/C13H12BrN3O/c1-9-5-12(16-8-11(9)14)17-13(18)6-10-3-2-4-15-7-10/h2-5,7-8H,6H2,1H3,(H,16,17,18). The number of pyridine rings is 2. The first-order valence-electron chi connectivity index (χ1n) is 5.46. The van der Waals surface area contributed by atoms with Gasteiger partial charge in [-0.05, 0) is 46.1 Å². The molecular formula is C13H12BrN3O. The molecule has 0 aliphatic rings. The largest absolute Gasteiger partial charge is 0.310 e. The fraction of sp³-hybridized carbons (Fsp3) is 0.154. The smallest absolute Gasteiger partial charge is 0.230 e. The minimum Gasteiger partial charge on any atom is -0.310 e. The molecule has 92 valence electrons. The van der Waals surface area contributed by atoms with Gasteiger partial charge in [-0.25, -0.2) is 4.98 Å². The highest BCUT2D eigenvalue weighted by Gasteiger charge is 2.06. The van der Waals surface area contributed by atoms with Crippen molar-refractivity contribution in [1.29, 1.82) is 0 Å². The van der Waals surface area contributed by atoms with E-state index >= 15 is 0 Å². The molecule has 5 heteroatoms. The average molecular weight is 306 g/mol. The van der Waals surface area contributed by atoms with Gasteiger partial charge in [0.25, 0.3) is 0 Å². The van der Waals surface area contributed by atoms with Gasteiger partial charge in [0.1, 0.15) is 5.82 Å². The Morgan fingerprint density at radius 3 is 2.94 bits per heavy atom. The van der Waals surface area contributed by atoms with Crippen molar-refractivity contribution < 1.29 is 4.79 Å². The van der Waals surface area contributed by atoms with Crippen molar-refractivity contribution in [2.45, 2.75) is 13.3 Å². The molecule has 0 aromatic carbocycles. The van der Waals surface area contributed by atoms with Gasteiger partial charge in [0.15, 0.2) is 0 Å². The van der Waals surface area contributed by atoms with E-state index in [1.165, 1.54) is 0 Å². The summed E-state index contributed by atoms with van der Waals surface area (Å²) in [7, 11) is 0. The van der Waals surface area contributed by atoms with Gasteiger partial charge in [-0.15, -0.1) is 0 Å². The van der Waals surface area contributed by atoms with Crippen LogP contribution in [0.25, 0.3) is 0 Å². The van der Waals surface area contributed by atoms with Crippen LogP contribution in [0.15, 0.2) is 41.3 Å². The van der Waals surface area contributed by atoms with Crippen LogP contribution < -0.4 is 5.32 Å². The van der Waals surface area contributed by atoms with E-state index < -0.39 is 0 Å². The summed E-state index contributed by atoms with van der Waals surface area (Å²) >= 11 is 3.37. The zero-order chi connectivity index (χ0) is 13.0. The molecule has 0 spiro atoms. The molecule has 0 saturated heterocycles. The number of amides is 1. The number of nitrogens with one attached hydrogen (secondary N) is 1. The summed E-state index contributed by atoms with van der Waals surface area (Å²) in [5.41, 5.74) is 1.91. The molecule has 0 aliphatic carbocycles. The van der Waals surface area contributed by atoms with Gasteiger partial charge in [0.2, 0.25) is 5.91 Å². The lowest BCUT2D eigenvalue weighted by molar-refractivity contribution is -0.115. The summed E-state index contributed by atoms with van der Waals surface area (Å²) in [6.07, 6.45) is 5.33. The Morgan fingerprint density at radius 1 is 1.44 bits per heavy atom. The molecule has 2 aromatic heterocycles. The van der Waals surface area contributed by atoms with E-state index in [9.17, 15) is 4.79 Å². The highest BCUT2D eigenvalue weighted by molar-refractivity contribution is 9.10. The number of hydrogen-bond acceptors (Lipinski definition) is 3. The first kappa shape index (κ1) is 12.7. The number of anilines is 1. The molecule has 0 radical (unpaired) electrons. The topological polar surface area (TPSA) is 54.9 Å². The summed E-state index contributed by atoms with van der Waals surface area (Å²) in [6, 6.07) is 5.50. The number of carbonyl (C=O) groups excluding carboxylic acids is 1. The number of nitrogens with zero attached hydrogens (tertiary/aromatic N) is 2. The highest BCUT2D eigenvalue weighted by atomic mass is 79.9. The predicted molar refractivity (Wildman–Crippen MR) is 73.2 cm³/mol. The molecule has 0 aliphatic heterocycles. The molecular weight excluding hydrogens is 294 g/mol. The molecule has 0 fully saturated rings. The van der Waals surface area contributed by atoms with E-state index in [1.54, 1.807) is 18.6 Å². The predicted octanol–water partition coefficient (Wildman–Crippen LogP) is 2.73. The SMILES string of the molecule is Cc1cc(NC(=O)Cc2cccnc2)ncc1Br. The van der Waals surface area contributed by atoms with Crippen LogP contribution in [0, 0.1) is 6.92 Å². The Hall–Kier alpha value is -1.75. The van der Waals surface area contributed by atoms with Crippen molar-refractivity contribution in [2.75, 3.05) is 5.32 Å². The molecule has 4 nitrogen and oxygen atoms in total. The van der Waals surface area contributed by atoms with Crippen LogP contribution in [0.4, 0.5) is 5.82 Å². The Labute approximate surface area is 114 Å². The number of aromatic nitrogens is 2. The summed E-state index contributed by atoms with van der Waals surface area (Å²) in [4.78, 5) is 19.9. The maximum Gasteiger partial charge on any atom is 0.230 e. The van der Waals surface area contributed by atoms with Crippen molar-refractivity contribution in [3.63, 3.8) is 0 Å². The molecule has 0 bridgehead atoms. The van der Waals surface area contributed by atoms with Gasteiger partial charge in [-0.2, -0.15) is 0 Å². The van der Waals surface area contributed by atoms with Crippen LogP contribution in [0.2, 0.25) is 0 Å². The van der Waals surface area contributed by atoms with Crippen molar-refractivity contribution in [3.05, 3.63) is 52.4 Å². The zero-order valence-corrected chi connectivity index (χ0v) is 11.4. The Morgan fingerprint density at radius 2 is 2.28 bits per heavy atom. The third kappa shape index (κ3) is 3.37. The first-order chi connectivity index (χ1) is 8.65. The van der Waals surface area contributed by atoms with Crippen molar-refractivity contribution in [3.8, 4) is 0 Å². The molecule has 18 heavy (non-hydrogen) atoms. The molecule has 0 saturated carbocycles. The van der Waals surface area contributed by atoms with E-state index in [-0.39, 0.29) is 5.91 Å². The molecule has 0 atom stereocenters. The monoisotopic (exact) mass is 305 g/mol. The normalized spacial score (nSPS) is 10.1. The third-order valence-electron chi connectivity index (χ3n) is 2.40. The minimum absolute atomic E-state index is 0.0998. The summed E-state index contributed by atoms with van der Waals surface area (Å²) in [5.74, 6) is 0.460. The van der Waals surface area contributed by atoms with Gasteiger partial charge in [0.05, 0.1) is 6.42 Å². The molecule has 2 aromatic rings. The van der Waals surface area contributed by atoms with Crippen LogP contribution in [0.1, 0.15) is 11.1 Å². The number of carbonyl (C=O) groups is 1. The van der Waals surface area contributed by atoms with Crippen LogP contribution in [-0.4, -0.2) is 15.9 Å². The third-order valence-corrected chi connectivity index (χ3v) is 3.23. The fourth-order valence-corrected chi connectivity index (χ4v) is 1.70. The Balaban J connectivity index is 2.01. The second-order valence-electron chi connectivity index (χ2n) is 3.90. The van der Waals surface area contributed by atoms with E-state index in [0.29, 0.717) is 12.2 Å². The fourth-order valence-electron chi connectivity index (χ4n) is 1.48. The minimum atomic E-state index is -0.0998. The number of hydrogen-bond donors (Lipinski definition) is 1. The number of rotatable bonds is 3. The van der Waals surface area contributed by atoms with Crippen LogP contribution in [0.5, 0.6) is 0 Å². The maximum absolute atomic E-state index is 11.8. The Bertz CT molecular complexity index is 557. The van der Waals surface area contributed by atoms with Gasteiger partial charge in [0, 0.05) is 23.1 Å². The quantitative estimate of drug-likeness (QED) is 0.948. The van der Waals surface area contributed by atoms with Crippen molar-refractivity contribution >= 4 is 27.7 Å². The summed E-state index contributed by atoms with van der Waals surface area (Å²) in [5, 5.41) is 2.76. The summed E-state index contributed by atoms with van der Waals surface area (Å²) < 4.78 is 0.924. The first-order valence-corrected chi connectivity index (χ1v) is 6.25. The second-order valence-corrected chi connectivity index (χ2v) is 4.76. The number of halogens is 1. The van der Waals surface area contributed by atoms with Crippen molar-refractivity contribution in [1.82, 2.24) is 9.97 Å². The van der Waals surface area contributed by atoms with Gasteiger partial charge in [-0.1, -0.05) is 6.07 Å². The van der Waals surface area contributed by atoms with Crippen LogP contribution >= 0.6 is 15.9 Å². The lowest BCUT2D eigenvalue weighted by Crippen LogP contribution is -2.15.